The quantitative estimate of drug-likeness (QED) is 0.721. The number of aliphatic hydroxyl groups is 1. The lowest BCUT2D eigenvalue weighted by Gasteiger charge is -2.35. The van der Waals surface area contributed by atoms with Gasteiger partial charge in [-0.1, -0.05) is 46.5 Å². The first-order valence-electron chi connectivity index (χ1n) is 7.41. The van der Waals surface area contributed by atoms with Gasteiger partial charge in [0.2, 0.25) is 0 Å². The number of piperidine rings is 1. The van der Waals surface area contributed by atoms with Crippen LogP contribution in [0.2, 0.25) is 0 Å². The molecule has 17 heavy (non-hydrogen) atoms. The summed E-state index contributed by atoms with van der Waals surface area (Å²) < 4.78 is 0. The lowest BCUT2D eigenvalue weighted by Crippen LogP contribution is -2.38. The zero-order valence-electron chi connectivity index (χ0n) is 12.4. The van der Waals surface area contributed by atoms with Gasteiger partial charge in [0, 0.05) is 13.7 Å². The van der Waals surface area contributed by atoms with E-state index < -0.39 is 0 Å². The molecule has 0 aromatic rings. The van der Waals surface area contributed by atoms with Gasteiger partial charge in [-0.05, 0) is 37.8 Å². The van der Waals surface area contributed by atoms with E-state index in [-0.39, 0.29) is 0 Å². The second-order valence-corrected chi connectivity index (χ2v) is 5.46. The van der Waals surface area contributed by atoms with Crippen molar-refractivity contribution in [2.45, 2.75) is 59.3 Å². The third kappa shape index (κ3) is 7.77. The van der Waals surface area contributed by atoms with Crippen LogP contribution in [-0.4, -0.2) is 36.8 Å². The van der Waals surface area contributed by atoms with Crippen molar-refractivity contribution in [1.82, 2.24) is 4.90 Å². The lowest BCUT2D eigenvalue weighted by atomic mass is 9.88. The largest absolute Gasteiger partial charge is 0.400 e. The second-order valence-electron chi connectivity index (χ2n) is 5.46. The molecule has 2 heteroatoms. The van der Waals surface area contributed by atoms with E-state index in [0.717, 1.165) is 18.9 Å². The van der Waals surface area contributed by atoms with Crippen molar-refractivity contribution in [3.63, 3.8) is 0 Å². The summed E-state index contributed by atoms with van der Waals surface area (Å²) in [5.41, 5.74) is 0. The minimum absolute atomic E-state index is 0.911. The molecule has 0 spiro atoms. The van der Waals surface area contributed by atoms with Crippen molar-refractivity contribution >= 4 is 0 Å². The van der Waals surface area contributed by atoms with E-state index in [1.54, 1.807) is 0 Å². The van der Waals surface area contributed by atoms with Crippen LogP contribution in [0.15, 0.2) is 0 Å². The predicted octanol–water partition coefficient (Wildman–Crippen LogP) is 3.54. The molecule has 1 heterocycles. The highest BCUT2D eigenvalue weighted by Gasteiger charge is 2.21. The minimum atomic E-state index is 0.911. The summed E-state index contributed by atoms with van der Waals surface area (Å²) in [6, 6.07) is 0. The summed E-state index contributed by atoms with van der Waals surface area (Å²) in [6.45, 7) is 11.1. The van der Waals surface area contributed by atoms with Crippen LogP contribution in [0.1, 0.15) is 59.3 Å². The van der Waals surface area contributed by atoms with Crippen molar-refractivity contribution in [2.24, 2.45) is 11.8 Å². The normalized spacial score (nSPS) is 25.2. The summed E-state index contributed by atoms with van der Waals surface area (Å²) in [6.07, 6.45) is 8.49. The van der Waals surface area contributed by atoms with E-state index in [9.17, 15) is 0 Å². The highest BCUT2D eigenvalue weighted by Crippen LogP contribution is 2.22. The molecule has 1 aliphatic rings. The number of hydrogen-bond acceptors (Lipinski definition) is 2. The molecule has 0 radical (unpaired) electrons. The zero-order valence-corrected chi connectivity index (χ0v) is 12.4. The number of aliphatic hydroxyl groups excluding tert-OH is 1. The fourth-order valence-electron chi connectivity index (χ4n) is 2.49. The van der Waals surface area contributed by atoms with Crippen LogP contribution in [0.25, 0.3) is 0 Å². The Morgan fingerprint density at radius 2 is 1.65 bits per heavy atom. The molecule has 0 amide bonds. The first kappa shape index (κ1) is 16.9. The standard InChI is InChI=1S/C14H29N.CH4O/c1-4-5-6-7-8-10-15-11-9-13(2)14(3)12-15;1-2/h13-14H,4-12H2,1-3H3;2H,1H3. The monoisotopic (exact) mass is 243 g/mol. The van der Waals surface area contributed by atoms with E-state index in [1.807, 2.05) is 0 Å². The van der Waals surface area contributed by atoms with E-state index >= 15 is 0 Å². The van der Waals surface area contributed by atoms with Crippen LogP contribution < -0.4 is 0 Å². The van der Waals surface area contributed by atoms with Gasteiger partial charge in [0.1, 0.15) is 0 Å². The highest BCUT2D eigenvalue weighted by molar-refractivity contribution is 4.74. The molecule has 0 aromatic carbocycles. The molecule has 1 N–H and O–H groups in total. The van der Waals surface area contributed by atoms with Gasteiger partial charge in [-0.25, -0.2) is 0 Å². The maximum Gasteiger partial charge on any atom is 0.0319 e. The van der Waals surface area contributed by atoms with Gasteiger partial charge in [-0.2, -0.15) is 0 Å². The predicted molar refractivity (Wildman–Crippen MR) is 76.3 cm³/mol. The van der Waals surface area contributed by atoms with Crippen LogP contribution in [-0.2, 0) is 0 Å². The first-order valence-corrected chi connectivity index (χ1v) is 7.41. The smallest absolute Gasteiger partial charge is 0.0319 e. The fourth-order valence-corrected chi connectivity index (χ4v) is 2.49. The van der Waals surface area contributed by atoms with Gasteiger partial charge in [-0.15, -0.1) is 0 Å². The summed E-state index contributed by atoms with van der Waals surface area (Å²) in [7, 11) is 1.00. The van der Waals surface area contributed by atoms with Crippen LogP contribution in [0, 0.1) is 11.8 Å². The fraction of sp³-hybridized carbons (Fsp3) is 1.00. The van der Waals surface area contributed by atoms with Gasteiger partial charge in [0.05, 0.1) is 0 Å². The minimum Gasteiger partial charge on any atom is -0.400 e. The zero-order chi connectivity index (χ0) is 13.1. The summed E-state index contributed by atoms with van der Waals surface area (Å²) in [4.78, 5) is 2.68. The van der Waals surface area contributed by atoms with Crippen LogP contribution in [0.4, 0.5) is 0 Å². The number of unbranched alkanes of at least 4 members (excludes halogenated alkanes) is 4. The molecule has 1 aliphatic heterocycles. The number of nitrogens with zero attached hydrogens (tertiary/aromatic N) is 1. The third-order valence-electron chi connectivity index (χ3n) is 4.00. The maximum absolute atomic E-state index is 7.00. The Bertz CT molecular complexity index is 161. The van der Waals surface area contributed by atoms with Gasteiger partial charge in [0.25, 0.3) is 0 Å². The number of likely N-dealkylation sites (tertiary alicyclic amines) is 1. The van der Waals surface area contributed by atoms with Crippen LogP contribution >= 0.6 is 0 Å². The Morgan fingerprint density at radius 3 is 2.24 bits per heavy atom. The average molecular weight is 243 g/mol. The van der Waals surface area contributed by atoms with Gasteiger partial charge >= 0.3 is 0 Å². The summed E-state index contributed by atoms with van der Waals surface area (Å²) in [5, 5.41) is 7.00. The molecule has 0 aliphatic carbocycles. The maximum atomic E-state index is 7.00. The second kappa shape index (κ2) is 11.0. The highest BCUT2D eigenvalue weighted by atomic mass is 16.2. The Hall–Kier alpha value is -0.0800. The molecule has 1 fully saturated rings. The topological polar surface area (TPSA) is 23.5 Å². The molecule has 1 rings (SSSR count). The van der Waals surface area contributed by atoms with Gasteiger partial charge in [0.15, 0.2) is 0 Å². The summed E-state index contributed by atoms with van der Waals surface area (Å²) >= 11 is 0. The van der Waals surface area contributed by atoms with Crippen molar-refractivity contribution in [1.29, 1.82) is 0 Å². The average Bonchev–Trinajstić information content (AvgIpc) is 2.36. The van der Waals surface area contributed by atoms with Crippen molar-refractivity contribution in [3.8, 4) is 0 Å². The van der Waals surface area contributed by atoms with E-state index in [0.29, 0.717) is 0 Å². The van der Waals surface area contributed by atoms with Crippen LogP contribution in [0.5, 0.6) is 0 Å². The van der Waals surface area contributed by atoms with Gasteiger partial charge in [-0.3, -0.25) is 0 Å². The molecule has 0 aromatic heterocycles. The molecule has 2 unspecified atom stereocenters. The summed E-state index contributed by atoms with van der Waals surface area (Å²) in [5.74, 6) is 1.86. The molecule has 0 bridgehead atoms. The lowest BCUT2D eigenvalue weighted by molar-refractivity contribution is 0.136. The SMILES string of the molecule is CCCCCCCN1CCC(C)C(C)C1.CO. The van der Waals surface area contributed by atoms with E-state index in [1.165, 1.54) is 58.2 Å². The van der Waals surface area contributed by atoms with E-state index in [4.69, 9.17) is 5.11 Å². The number of hydrogen-bond donors (Lipinski definition) is 1. The molecule has 2 atom stereocenters. The molecular formula is C15H33NO. The Labute approximate surface area is 108 Å². The molecule has 2 nitrogen and oxygen atoms in total. The van der Waals surface area contributed by atoms with Crippen LogP contribution in [0.3, 0.4) is 0 Å². The molecule has 104 valence electrons. The van der Waals surface area contributed by atoms with Crippen molar-refractivity contribution < 1.29 is 5.11 Å². The number of rotatable bonds is 6. The Morgan fingerprint density at radius 1 is 1.00 bits per heavy atom. The molecule has 0 saturated carbocycles. The molecular weight excluding hydrogens is 210 g/mol. The first-order chi connectivity index (χ1) is 8.24. The van der Waals surface area contributed by atoms with Crippen molar-refractivity contribution in [3.05, 3.63) is 0 Å². The Kier molecular flexibility index (Phi) is 11.0. The van der Waals surface area contributed by atoms with E-state index in [2.05, 4.69) is 25.7 Å². The molecule has 1 saturated heterocycles. The third-order valence-corrected chi connectivity index (χ3v) is 4.00. The van der Waals surface area contributed by atoms with Gasteiger partial charge < -0.3 is 10.0 Å². The van der Waals surface area contributed by atoms with Crippen molar-refractivity contribution in [2.75, 3.05) is 26.7 Å². The Balaban J connectivity index is 0.00000121.